The molecule has 0 radical (unpaired) electrons. The smallest absolute Gasteiger partial charge is 0.261 e. The fourth-order valence-corrected chi connectivity index (χ4v) is 2.15. The predicted octanol–water partition coefficient (Wildman–Crippen LogP) is 0.510. The lowest BCUT2D eigenvalue weighted by molar-refractivity contribution is -0.130. The fraction of sp³-hybridized carbons (Fsp3) is 0.357. The Bertz CT molecular complexity index is 539. The van der Waals surface area contributed by atoms with Crippen molar-refractivity contribution in [2.75, 3.05) is 20.1 Å². The normalized spacial score (nSPS) is 14.5. The minimum absolute atomic E-state index is 0. The Balaban J connectivity index is 0.00000220. The van der Waals surface area contributed by atoms with Crippen LogP contribution in [0.25, 0.3) is 0 Å². The molecule has 2 N–H and O–H groups in total. The zero-order valence-electron chi connectivity index (χ0n) is 11.9. The molecule has 21 heavy (non-hydrogen) atoms. The fourth-order valence-electron chi connectivity index (χ4n) is 2.15. The molecule has 1 aromatic rings. The van der Waals surface area contributed by atoms with Crippen LogP contribution < -0.4 is 5.73 Å². The van der Waals surface area contributed by atoms with Crippen molar-refractivity contribution < 1.29 is 14.4 Å². The van der Waals surface area contributed by atoms with Gasteiger partial charge in [-0.3, -0.25) is 19.3 Å². The number of carbonyl (C=O) groups excluding carboxylic acids is 3. The van der Waals surface area contributed by atoms with Crippen LogP contribution in [0.5, 0.6) is 0 Å². The summed E-state index contributed by atoms with van der Waals surface area (Å²) in [6.07, 6.45) is 0. The largest absolute Gasteiger partial charge is 0.343 e. The number of nitrogens with zero attached hydrogens (tertiary/aromatic N) is 2. The molecule has 6 nitrogen and oxygen atoms in total. The molecule has 1 aliphatic rings. The van der Waals surface area contributed by atoms with Gasteiger partial charge in [0.25, 0.3) is 11.8 Å². The second-order valence-electron chi connectivity index (χ2n) is 4.86. The molecule has 1 atom stereocenters. The number of hydrogen-bond acceptors (Lipinski definition) is 4. The maximum atomic E-state index is 12.1. The van der Waals surface area contributed by atoms with Crippen molar-refractivity contribution in [3.8, 4) is 0 Å². The van der Waals surface area contributed by atoms with E-state index in [1.54, 1.807) is 38.2 Å². The summed E-state index contributed by atoms with van der Waals surface area (Å²) in [6.45, 7) is 2.04. The maximum Gasteiger partial charge on any atom is 0.261 e. The summed E-state index contributed by atoms with van der Waals surface area (Å²) in [7, 11) is 1.60. The molecule has 114 valence electrons. The number of imide groups is 1. The van der Waals surface area contributed by atoms with Gasteiger partial charge >= 0.3 is 0 Å². The molecule has 0 aliphatic carbocycles. The van der Waals surface area contributed by atoms with Gasteiger partial charge in [0.05, 0.1) is 17.2 Å². The second kappa shape index (κ2) is 6.69. The molecule has 0 aromatic heterocycles. The van der Waals surface area contributed by atoms with E-state index in [0.717, 1.165) is 4.90 Å². The lowest BCUT2D eigenvalue weighted by atomic mass is 10.1. The molecule has 0 bridgehead atoms. The lowest BCUT2D eigenvalue weighted by Gasteiger charge is -2.22. The first-order valence-corrected chi connectivity index (χ1v) is 6.39. The quantitative estimate of drug-likeness (QED) is 0.821. The SMILES string of the molecule is CC(N)C(=O)N(C)CCN1C(=O)c2ccccc2C1=O.Cl. The minimum Gasteiger partial charge on any atom is -0.343 e. The van der Waals surface area contributed by atoms with Crippen LogP contribution in [0, 0.1) is 0 Å². The Labute approximate surface area is 129 Å². The van der Waals surface area contributed by atoms with Gasteiger partial charge in [0.2, 0.25) is 5.91 Å². The van der Waals surface area contributed by atoms with Crippen molar-refractivity contribution in [3.05, 3.63) is 35.4 Å². The number of halogens is 1. The van der Waals surface area contributed by atoms with Crippen LogP contribution in [0.1, 0.15) is 27.6 Å². The molecule has 1 aliphatic heterocycles. The summed E-state index contributed by atoms with van der Waals surface area (Å²) >= 11 is 0. The molecule has 0 fully saturated rings. The number of carbonyl (C=O) groups is 3. The van der Waals surface area contributed by atoms with Gasteiger partial charge in [-0.05, 0) is 19.1 Å². The Morgan fingerprint density at radius 1 is 1.24 bits per heavy atom. The summed E-state index contributed by atoms with van der Waals surface area (Å²) in [5, 5.41) is 0. The molecule has 3 amide bonds. The van der Waals surface area contributed by atoms with E-state index >= 15 is 0 Å². The molecule has 1 aromatic carbocycles. The Morgan fingerprint density at radius 3 is 2.14 bits per heavy atom. The first kappa shape index (κ1) is 17.1. The molecule has 0 saturated carbocycles. The lowest BCUT2D eigenvalue weighted by Crippen LogP contribution is -2.44. The summed E-state index contributed by atoms with van der Waals surface area (Å²) < 4.78 is 0. The molecular formula is C14H18ClN3O3. The number of nitrogens with two attached hydrogens (primary N) is 1. The number of fused-ring (bicyclic) bond motifs is 1. The van der Waals surface area contributed by atoms with Crippen LogP contribution >= 0.6 is 12.4 Å². The number of amides is 3. The summed E-state index contributed by atoms with van der Waals surface area (Å²) in [4.78, 5) is 38.4. The van der Waals surface area contributed by atoms with Crippen LogP contribution in [0.2, 0.25) is 0 Å². The van der Waals surface area contributed by atoms with E-state index in [4.69, 9.17) is 5.73 Å². The van der Waals surface area contributed by atoms with Crippen molar-refractivity contribution in [1.82, 2.24) is 9.80 Å². The van der Waals surface area contributed by atoms with E-state index in [9.17, 15) is 14.4 Å². The average molecular weight is 312 g/mol. The van der Waals surface area contributed by atoms with Gasteiger partial charge in [0.1, 0.15) is 0 Å². The van der Waals surface area contributed by atoms with Crippen LogP contribution in [0.4, 0.5) is 0 Å². The van der Waals surface area contributed by atoms with E-state index in [1.165, 1.54) is 4.90 Å². The van der Waals surface area contributed by atoms with Crippen molar-refractivity contribution >= 4 is 30.1 Å². The molecule has 1 unspecified atom stereocenters. The topological polar surface area (TPSA) is 83.7 Å². The third-order valence-corrected chi connectivity index (χ3v) is 3.30. The van der Waals surface area contributed by atoms with Crippen LogP contribution in [-0.4, -0.2) is 53.7 Å². The van der Waals surface area contributed by atoms with E-state index in [1.807, 2.05) is 0 Å². The standard InChI is InChI=1S/C14H17N3O3.ClH/c1-9(15)12(18)16(2)7-8-17-13(19)10-5-3-4-6-11(10)14(17)20;/h3-6,9H,7-8,15H2,1-2H3;1H. The zero-order chi connectivity index (χ0) is 14.9. The van der Waals surface area contributed by atoms with E-state index < -0.39 is 6.04 Å². The highest BCUT2D eigenvalue weighted by atomic mass is 35.5. The van der Waals surface area contributed by atoms with E-state index in [0.29, 0.717) is 11.1 Å². The number of rotatable bonds is 4. The summed E-state index contributed by atoms with van der Waals surface area (Å²) in [5.41, 5.74) is 6.34. The molecule has 2 rings (SSSR count). The van der Waals surface area contributed by atoms with Gasteiger partial charge in [-0.2, -0.15) is 0 Å². The minimum atomic E-state index is -0.595. The Morgan fingerprint density at radius 2 is 1.71 bits per heavy atom. The number of likely N-dealkylation sites (N-methyl/N-ethyl adjacent to an activating group) is 1. The van der Waals surface area contributed by atoms with E-state index in [-0.39, 0.29) is 43.2 Å². The van der Waals surface area contributed by atoms with Gasteiger partial charge in [-0.15, -0.1) is 12.4 Å². The summed E-state index contributed by atoms with van der Waals surface area (Å²) in [6, 6.07) is 6.11. The molecule has 7 heteroatoms. The van der Waals surface area contributed by atoms with Gasteiger partial charge in [-0.1, -0.05) is 12.1 Å². The molecule has 0 saturated heterocycles. The predicted molar refractivity (Wildman–Crippen MR) is 80.3 cm³/mol. The van der Waals surface area contributed by atoms with Gasteiger partial charge in [0, 0.05) is 20.1 Å². The first-order valence-electron chi connectivity index (χ1n) is 6.39. The highest BCUT2D eigenvalue weighted by Gasteiger charge is 2.35. The Kier molecular flexibility index (Phi) is 5.46. The van der Waals surface area contributed by atoms with Gasteiger partial charge < -0.3 is 10.6 Å². The average Bonchev–Trinajstić information content (AvgIpc) is 2.68. The third kappa shape index (κ3) is 3.22. The highest BCUT2D eigenvalue weighted by Crippen LogP contribution is 2.21. The van der Waals surface area contributed by atoms with Crippen molar-refractivity contribution in [3.63, 3.8) is 0 Å². The highest BCUT2D eigenvalue weighted by molar-refractivity contribution is 6.21. The number of hydrogen-bond donors (Lipinski definition) is 1. The van der Waals surface area contributed by atoms with Crippen molar-refractivity contribution in [2.24, 2.45) is 5.73 Å². The molecule has 0 spiro atoms. The summed E-state index contributed by atoms with van der Waals surface area (Å²) in [5.74, 6) is -0.846. The number of benzene rings is 1. The van der Waals surface area contributed by atoms with Gasteiger partial charge in [-0.25, -0.2) is 0 Å². The van der Waals surface area contributed by atoms with Crippen LogP contribution in [0.15, 0.2) is 24.3 Å². The third-order valence-electron chi connectivity index (χ3n) is 3.30. The first-order chi connectivity index (χ1) is 9.43. The maximum absolute atomic E-state index is 12.1. The van der Waals surface area contributed by atoms with Crippen LogP contribution in [0.3, 0.4) is 0 Å². The van der Waals surface area contributed by atoms with Crippen molar-refractivity contribution in [2.45, 2.75) is 13.0 Å². The Hall–Kier alpha value is -1.92. The van der Waals surface area contributed by atoms with E-state index in [2.05, 4.69) is 0 Å². The zero-order valence-corrected chi connectivity index (χ0v) is 12.7. The van der Waals surface area contributed by atoms with Crippen molar-refractivity contribution in [1.29, 1.82) is 0 Å². The molecular weight excluding hydrogens is 294 g/mol. The second-order valence-corrected chi connectivity index (χ2v) is 4.86. The molecule has 1 heterocycles. The monoisotopic (exact) mass is 311 g/mol. The van der Waals surface area contributed by atoms with Crippen LogP contribution in [-0.2, 0) is 4.79 Å². The van der Waals surface area contributed by atoms with Gasteiger partial charge in [0.15, 0.2) is 0 Å².